The molecule has 1 heterocycles. The molecule has 0 aliphatic heterocycles. The molecule has 0 unspecified atom stereocenters. The van der Waals surface area contributed by atoms with Crippen molar-refractivity contribution in [2.75, 3.05) is 19.0 Å². The summed E-state index contributed by atoms with van der Waals surface area (Å²) in [6.45, 7) is 2.83. The van der Waals surface area contributed by atoms with Gasteiger partial charge in [0.25, 0.3) is 5.22 Å². The van der Waals surface area contributed by atoms with E-state index in [2.05, 4.69) is 10.2 Å². The van der Waals surface area contributed by atoms with Gasteiger partial charge in [-0.2, -0.15) is 0 Å². The highest BCUT2D eigenvalue weighted by Gasteiger charge is 2.09. The fourth-order valence-electron chi connectivity index (χ4n) is 2.40. The predicted molar refractivity (Wildman–Crippen MR) is 103 cm³/mol. The van der Waals surface area contributed by atoms with Crippen LogP contribution in [0.1, 0.15) is 28.7 Å². The molecule has 0 aliphatic carbocycles. The molecule has 0 N–H and O–H groups in total. The molecule has 0 spiro atoms. The van der Waals surface area contributed by atoms with Crippen LogP contribution in [0.5, 0.6) is 11.5 Å². The molecule has 0 bridgehead atoms. The fraction of sp³-hybridized carbons (Fsp3) is 0.250. The van der Waals surface area contributed by atoms with Gasteiger partial charge in [-0.1, -0.05) is 42.1 Å². The third-order valence-corrected chi connectivity index (χ3v) is 4.40. The lowest BCUT2D eigenvalue weighted by Crippen LogP contribution is -2.03. The zero-order valence-corrected chi connectivity index (χ0v) is 15.8. The number of aldehydes is 1. The molecule has 0 fully saturated rings. The molecule has 27 heavy (non-hydrogen) atoms. The minimum Gasteiger partial charge on any atom is -0.490 e. The summed E-state index contributed by atoms with van der Waals surface area (Å²) in [5, 5.41) is 8.65. The Morgan fingerprint density at radius 2 is 1.93 bits per heavy atom. The Morgan fingerprint density at radius 1 is 1.07 bits per heavy atom. The summed E-state index contributed by atoms with van der Waals surface area (Å²) in [6.07, 6.45) is 1.40. The van der Waals surface area contributed by atoms with E-state index < -0.39 is 0 Å². The summed E-state index contributed by atoms with van der Waals surface area (Å²) in [7, 11) is 0. The minimum absolute atomic E-state index is 0.446. The molecular weight excluding hydrogens is 364 g/mol. The molecule has 1 aromatic heterocycles. The molecule has 3 aromatic rings. The third kappa shape index (κ3) is 5.59. The zero-order valence-electron chi connectivity index (χ0n) is 15.0. The van der Waals surface area contributed by atoms with E-state index >= 15 is 0 Å². The second kappa shape index (κ2) is 9.78. The van der Waals surface area contributed by atoms with Crippen molar-refractivity contribution in [2.24, 2.45) is 0 Å². The molecule has 3 rings (SSSR count). The number of rotatable bonds is 10. The monoisotopic (exact) mass is 384 g/mol. The highest BCUT2D eigenvalue weighted by Crippen LogP contribution is 2.28. The summed E-state index contributed by atoms with van der Waals surface area (Å²) < 4.78 is 16.9. The maximum atomic E-state index is 10.9. The minimum atomic E-state index is 0.446. The molecule has 0 radical (unpaired) electrons. The summed E-state index contributed by atoms with van der Waals surface area (Å²) >= 11 is 1.44. The second-order valence-electron chi connectivity index (χ2n) is 5.58. The Hall–Kier alpha value is -2.80. The van der Waals surface area contributed by atoms with E-state index in [4.69, 9.17) is 13.9 Å². The highest BCUT2D eigenvalue weighted by molar-refractivity contribution is 7.99. The van der Waals surface area contributed by atoms with Gasteiger partial charge in [0, 0.05) is 11.3 Å². The van der Waals surface area contributed by atoms with Crippen LogP contribution in [0.2, 0.25) is 0 Å². The average molecular weight is 384 g/mol. The number of aromatic nitrogens is 2. The third-order valence-electron chi connectivity index (χ3n) is 3.62. The number of carbonyl (C=O) groups is 1. The average Bonchev–Trinajstić information content (AvgIpc) is 3.14. The first kappa shape index (κ1) is 19.0. The van der Waals surface area contributed by atoms with E-state index in [1.165, 1.54) is 11.8 Å². The number of benzene rings is 2. The van der Waals surface area contributed by atoms with E-state index in [0.29, 0.717) is 53.6 Å². The molecule has 0 atom stereocenters. The van der Waals surface area contributed by atoms with Crippen LogP contribution in [0.25, 0.3) is 0 Å². The lowest BCUT2D eigenvalue weighted by atomic mass is 10.2. The van der Waals surface area contributed by atoms with E-state index in [0.717, 1.165) is 11.8 Å². The molecule has 0 aliphatic rings. The number of nitrogens with zero attached hydrogens (tertiary/aromatic N) is 2. The Labute approximate surface area is 161 Å². The molecule has 6 nitrogen and oxygen atoms in total. The van der Waals surface area contributed by atoms with Crippen LogP contribution in [-0.4, -0.2) is 35.5 Å². The zero-order chi connectivity index (χ0) is 18.9. The van der Waals surface area contributed by atoms with Gasteiger partial charge >= 0.3 is 0 Å². The van der Waals surface area contributed by atoms with Crippen molar-refractivity contribution in [1.29, 1.82) is 0 Å². The summed E-state index contributed by atoms with van der Waals surface area (Å²) in [5.74, 6) is 2.41. The van der Waals surface area contributed by atoms with Gasteiger partial charge in [-0.25, -0.2) is 0 Å². The van der Waals surface area contributed by atoms with Gasteiger partial charge in [-0.05, 0) is 30.7 Å². The Kier molecular flexibility index (Phi) is 6.87. The van der Waals surface area contributed by atoms with Crippen LogP contribution < -0.4 is 9.47 Å². The highest BCUT2D eigenvalue weighted by atomic mass is 32.2. The lowest BCUT2D eigenvalue weighted by Gasteiger charge is -2.11. The van der Waals surface area contributed by atoms with Crippen molar-refractivity contribution in [3.63, 3.8) is 0 Å². The number of hydrogen-bond acceptors (Lipinski definition) is 7. The number of ether oxygens (including phenoxy) is 2. The van der Waals surface area contributed by atoms with Crippen LogP contribution in [0.4, 0.5) is 0 Å². The van der Waals surface area contributed by atoms with Gasteiger partial charge in [-0.15, -0.1) is 10.2 Å². The molecule has 0 amide bonds. The van der Waals surface area contributed by atoms with Crippen molar-refractivity contribution in [1.82, 2.24) is 10.2 Å². The van der Waals surface area contributed by atoms with Crippen LogP contribution >= 0.6 is 11.8 Å². The quantitative estimate of drug-likeness (QED) is 0.297. The SMILES string of the molecule is CCOc1cc(C=O)ccc1OCCSc1nnc(Cc2ccccc2)o1. The molecule has 7 heteroatoms. The van der Waals surface area contributed by atoms with Gasteiger partial charge in [0.1, 0.15) is 6.29 Å². The first-order chi connectivity index (χ1) is 13.3. The number of thioether (sulfide) groups is 1. The molecule has 2 aromatic carbocycles. The standard InChI is InChI=1S/C20H20N2O4S/c1-2-24-18-12-16(14-23)8-9-17(18)25-10-11-27-20-22-21-19(26-20)13-15-6-4-3-5-7-15/h3-9,12,14H,2,10-11,13H2,1H3. The Balaban J connectivity index is 1.48. The van der Waals surface area contributed by atoms with E-state index in [1.807, 2.05) is 37.3 Å². The summed E-state index contributed by atoms with van der Waals surface area (Å²) in [5.41, 5.74) is 1.68. The summed E-state index contributed by atoms with van der Waals surface area (Å²) in [4.78, 5) is 10.9. The van der Waals surface area contributed by atoms with Crippen molar-refractivity contribution >= 4 is 18.0 Å². The van der Waals surface area contributed by atoms with E-state index in [-0.39, 0.29) is 0 Å². The van der Waals surface area contributed by atoms with Gasteiger partial charge in [0.2, 0.25) is 5.89 Å². The van der Waals surface area contributed by atoms with Crippen molar-refractivity contribution in [3.8, 4) is 11.5 Å². The van der Waals surface area contributed by atoms with Crippen molar-refractivity contribution < 1.29 is 18.7 Å². The molecular formula is C20H20N2O4S. The summed E-state index contributed by atoms with van der Waals surface area (Å²) in [6, 6.07) is 15.1. The first-order valence-electron chi connectivity index (χ1n) is 8.62. The van der Waals surface area contributed by atoms with Gasteiger partial charge in [0.15, 0.2) is 11.5 Å². The van der Waals surface area contributed by atoms with Crippen molar-refractivity contribution in [2.45, 2.75) is 18.6 Å². The topological polar surface area (TPSA) is 74.5 Å². The van der Waals surface area contributed by atoms with E-state index in [1.54, 1.807) is 18.2 Å². The first-order valence-corrected chi connectivity index (χ1v) is 9.61. The van der Waals surface area contributed by atoms with Crippen LogP contribution in [-0.2, 0) is 6.42 Å². The van der Waals surface area contributed by atoms with Crippen LogP contribution in [0.15, 0.2) is 58.2 Å². The van der Waals surface area contributed by atoms with Gasteiger partial charge in [0.05, 0.1) is 19.6 Å². The smallest absolute Gasteiger partial charge is 0.276 e. The van der Waals surface area contributed by atoms with E-state index in [9.17, 15) is 4.79 Å². The lowest BCUT2D eigenvalue weighted by molar-refractivity contribution is 0.112. The predicted octanol–water partition coefficient (Wildman–Crippen LogP) is 4.04. The second-order valence-corrected chi connectivity index (χ2v) is 6.62. The molecule has 0 saturated carbocycles. The maximum absolute atomic E-state index is 10.9. The maximum Gasteiger partial charge on any atom is 0.276 e. The molecule has 140 valence electrons. The largest absolute Gasteiger partial charge is 0.490 e. The van der Waals surface area contributed by atoms with Crippen LogP contribution in [0, 0.1) is 0 Å². The number of hydrogen-bond donors (Lipinski definition) is 0. The number of carbonyl (C=O) groups excluding carboxylic acids is 1. The van der Waals surface area contributed by atoms with Crippen LogP contribution in [0.3, 0.4) is 0 Å². The van der Waals surface area contributed by atoms with Gasteiger partial charge in [-0.3, -0.25) is 4.79 Å². The molecule has 0 saturated heterocycles. The normalized spacial score (nSPS) is 10.6. The Morgan fingerprint density at radius 3 is 2.70 bits per heavy atom. The van der Waals surface area contributed by atoms with Gasteiger partial charge < -0.3 is 13.9 Å². The fourth-order valence-corrected chi connectivity index (χ4v) is 3.00. The van der Waals surface area contributed by atoms with Crippen molar-refractivity contribution in [3.05, 3.63) is 65.5 Å². The Bertz CT molecular complexity index is 867.